The minimum Gasteiger partial charge on any atom is -0.310 e. The van der Waals surface area contributed by atoms with Crippen LogP contribution in [0, 0.1) is 5.92 Å². The molecule has 0 aliphatic carbocycles. The SMILES string of the molecule is CC1CNC(C)(C)CN(CCCN(C)C)C1. The fourth-order valence-corrected chi connectivity index (χ4v) is 2.42. The molecule has 0 aromatic heterocycles. The van der Waals surface area contributed by atoms with E-state index in [4.69, 9.17) is 0 Å². The smallest absolute Gasteiger partial charge is 0.0252 e. The first kappa shape index (κ1) is 13.9. The lowest BCUT2D eigenvalue weighted by Gasteiger charge is -2.30. The average Bonchev–Trinajstić information content (AvgIpc) is 2.25. The van der Waals surface area contributed by atoms with Crippen LogP contribution in [0.1, 0.15) is 27.2 Å². The van der Waals surface area contributed by atoms with E-state index in [0.717, 1.165) is 12.5 Å². The lowest BCUT2D eigenvalue weighted by Crippen LogP contribution is -2.46. The number of rotatable bonds is 4. The van der Waals surface area contributed by atoms with Crippen molar-refractivity contribution in [1.29, 1.82) is 0 Å². The van der Waals surface area contributed by atoms with Gasteiger partial charge in [0.05, 0.1) is 0 Å². The second-order valence-electron chi connectivity index (χ2n) is 6.26. The van der Waals surface area contributed by atoms with Gasteiger partial charge in [-0.2, -0.15) is 0 Å². The molecular formula is C13H29N3. The van der Waals surface area contributed by atoms with Gasteiger partial charge in [0.1, 0.15) is 0 Å². The summed E-state index contributed by atoms with van der Waals surface area (Å²) < 4.78 is 0. The van der Waals surface area contributed by atoms with Crippen LogP contribution in [0.3, 0.4) is 0 Å². The normalized spacial score (nSPS) is 27.0. The average molecular weight is 227 g/mol. The van der Waals surface area contributed by atoms with Crippen LogP contribution in [0.5, 0.6) is 0 Å². The first-order valence-corrected chi connectivity index (χ1v) is 6.51. The van der Waals surface area contributed by atoms with Gasteiger partial charge in [-0.05, 0) is 59.9 Å². The summed E-state index contributed by atoms with van der Waals surface area (Å²) in [4.78, 5) is 4.89. The molecule has 1 heterocycles. The summed E-state index contributed by atoms with van der Waals surface area (Å²) in [5.74, 6) is 0.765. The van der Waals surface area contributed by atoms with Crippen molar-refractivity contribution in [2.75, 3.05) is 46.8 Å². The standard InChI is InChI=1S/C13H29N3/c1-12-9-14-13(2,3)11-16(10-12)8-6-7-15(4)5/h12,14H,6-11H2,1-5H3. The molecule has 0 aromatic carbocycles. The van der Waals surface area contributed by atoms with Crippen LogP contribution in [-0.4, -0.2) is 62.2 Å². The minimum absolute atomic E-state index is 0.267. The Labute approximate surface area is 101 Å². The highest BCUT2D eigenvalue weighted by molar-refractivity contribution is 4.86. The van der Waals surface area contributed by atoms with E-state index in [1.807, 2.05) is 0 Å². The first-order chi connectivity index (χ1) is 7.39. The van der Waals surface area contributed by atoms with E-state index in [1.54, 1.807) is 0 Å². The Balaban J connectivity index is 2.38. The van der Waals surface area contributed by atoms with E-state index in [0.29, 0.717) is 0 Å². The first-order valence-electron chi connectivity index (χ1n) is 6.51. The molecule has 1 rings (SSSR count). The van der Waals surface area contributed by atoms with Gasteiger partial charge in [0, 0.05) is 18.6 Å². The van der Waals surface area contributed by atoms with Gasteiger partial charge in [-0.1, -0.05) is 6.92 Å². The Morgan fingerprint density at radius 3 is 2.69 bits per heavy atom. The Hall–Kier alpha value is -0.120. The molecule has 96 valence electrons. The molecule has 1 fully saturated rings. The van der Waals surface area contributed by atoms with Crippen LogP contribution in [0.25, 0.3) is 0 Å². The van der Waals surface area contributed by atoms with E-state index in [9.17, 15) is 0 Å². The summed E-state index contributed by atoms with van der Waals surface area (Å²) in [5.41, 5.74) is 0.267. The third-order valence-electron chi connectivity index (χ3n) is 3.20. The molecule has 3 heteroatoms. The molecule has 1 unspecified atom stereocenters. The predicted molar refractivity (Wildman–Crippen MR) is 70.9 cm³/mol. The van der Waals surface area contributed by atoms with Crippen LogP contribution in [0.15, 0.2) is 0 Å². The maximum Gasteiger partial charge on any atom is 0.0252 e. The molecule has 1 saturated heterocycles. The summed E-state index contributed by atoms with van der Waals surface area (Å²) in [7, 11) is 4.30. The second kappa shape index (κ2) is 5.99. The third kappa shape index (κ3) is 5.28. The van der Waals surface area contributed by atoms with E-state index in [-0.39, 0.29) is 5.54 Å². The Kier molecular flexibility index (Phi) is 5.22. The van der Waals surface area contributed by atoms with Crippen LogP contribution in [0.4, 0.5) is 0 Å². The molecule has 1 atom stereocenters. The van der Waals surface area contributed by atoms with Gasteiger partial charge in [0.2, 0.25) is 0 Å². The topological polar surface area (TPSA) is 18.5 Å². The van der Waals surface area contributed by atoms with Crippen molar-refractivity contribution in [2.45, 2.75) is 32.7 Å². The second-order valence-corrected chi connectivity index (χ2v) is 6.26. The quantitative estimate of drug-likeness (QED) is 0.780. The summed E-state index contributed by atoms with van der Waals surface area (Å²) in [5, 5.41) is 3.65. The predicted octanol–water partition coefficient (Wildman–Crippen LogP) is 1.26. The molecule has 0 radical (unpaired) electrons. The molecular weight excluding hydrogens is 198 g/mol. The van der Waals surface area contributed by atoms with E-state index < -0.39 is 0 Å². The Morgan fingerprint density at radius 2 is 2.06 bits per heavy atom. The highest BCUT2D eigenvalue weighted by atomic mass is 15.2. The van der Waals surface area contributed by atoms with Crippen LogP contribution in [-0.2, 0) is 0 Å². The van der Waals surface area contributed by atoms with E-state index >= 15 is 0 Å². The molecule has 0 aromatic rings. The Bertz CT molecular complexity index is 201. The van der Waals surface area contributed by atoms with Crippen LogP contribution < -0.4 is 5.32 Å². The number of nitrogens with one attached hydrogen (secondary N) is 1. The monoisotopic (exact) mass is 227 g/mol. The van der Waals surface area contributed by atoms with Crippen molar-refractivity contribution in [3.63, 3.8) is 0 Å². The maximum absolute atomic E-state index is 3.65. The molecule has 0 spiro atoms. The van der Waals surface area contributed by atoms with Crippen LogP contribution in [0.2, 0.25) is 0 Å². The molecule has 0 saturated carbocycles. The third-order valence-corrected chi connectivity index (χ3v) is 3.20. The van der Waals surface area contributed by atoms with Gasteiger partial charge in [-0.3, -0.25) is 0 Å². The number of hydrogen-bond donors (Lipinski definition) is 1. The fourth-order valence-electron chi connectivity index (χ4n) is 2.42. The minimum atomic E-state index is 0.267. The van der Waals surface area contributed by atoms with Crippen molar-refractivity contribution in [2.24, 2.45) is 5.92 Å². The summed E-state index contributed by atoms with van der Waals surface area (Å²) in [6.45, 7) is 12.9. The zero-order valence-electron chi connectivity index (χ0n) is 11.7. The molecule has 1 N–H and O–H groups in total. The summed E-state index contributed by atoms with van der Waals surface area (Å²) in [6, 6.07) is 0. The van der Waals surface area contributed by atoms with Gasteiger partial charge in [0.15, 0.2) is 0 Å². The molecule has 0 amide bonds. The molecule has 16 heavy (non-hydrogen) atoms. The fraction of sp³-hybridized carbons (Fsp3) is 1.00. The van der Waals surface area contributed by atoms with Crippen molar-refractivity contribution in [1.82, 2.24) is 15.1 Å². The zero-order chi connectivity index (χ0) is 12.2. The number of hydrogen-bond acceptors (Lipinski definition) is 3. The largest absolute Gasteiger partial charge is 0.310 e. The Morgan fingerprint density at radius 1 is 1.38 bits per heavy atom. The lowest BCUT2D eigenvalue weighted by molar-refractivity contribution is 0.210. The van der Waals surface area contributed by atoms with Crippen molar-refractivity contribution in [3.8, 4) is 0 Å². The highest BCUT2D eigenvalue weighted by Gasteiger charge is 2.26. The maximum atomic E-state index is 3.65. The van der Waals surface area contributed by atoms with E-state index in [2.05, 4.69) is 50.0 Å². The zero-order valence-corrected chi connectivity index (χ0v) is 11.7. The molecule has 3 nitrogen and oxygen atoms in total. The van der Waals surface area contributed by atoms with Gasteiger partial charge in [0.25, 0.3) is 0 Å². The van der Waals surface area contributed by atoms with Crippen molar-refractivity contribution in [3.05, 3.63) is 0 Å². The van der Waals surface area contributed by atoms with Crippen molar-refractivity contribution < 1.29 is 0 Å². The van der Waals surface area contributed by atoms with Gasteiger partial charge >= 0.3 is 0 Å². The number of nitrogens with zero attached hydrogens (tertiary/aromatic N) is 2. The molecule has 1 aliphatic rings. The molecule has 0 bridgehead atoms. The summed E-state index contributed by atoms with van der Waals surface area (Å²) >= 11 is 0. The van der Waals surface area contributed by atoms with Gasteiger partial charge < -0.3 is 15.1 Å². The van der Waals surface area contributed by atoms with E-state index in [1.165, 1.54) is 32.6 Å². The van der Waals surface area contributed by atoms with Gasteiger partial charge in [-0.25, -0.2) is 0 Å². The highest BCUT2D eigenvalue weighted by Crippen LogP contribution is 2.13. The van der Waals surface area contributed by atoms with Crippen LogP contribution >= 0.6 is 0 Å². The summed E-state index contributed by atoms with van der Waals surface area (Å²) in [6.07, 6.45) is 1.27. The van der Waals surface area contributed by atoms with Gasteiger partial charge in [-0.15, -0.1) is 0 Å². The molecule has 1 aliphatic heterocycles. The lowest BCUT2D eigenvalue weighted by atomic mass is 10.1. The van der Waals surface area contributed by atoms with Crippen molar-refractivity contribution >= 4 is 0 Å².